The second-order valence-corrected chi connectivity index (χ2v) is 10.2. The van der Waals surface area contributed by atoms with Crippen LogP contribution in [0.5, 0.6) is 0 Å². The highest BCUT2D eigenvalue weighted by Crippen LogP contribution is 2.26. The highest BCUT2D eigenvalue weighted by molar-refractivity contribution is 7.92. The molecule has 1 N–H and O–H groups in total. The maximum atomic E-state index is 13.3. The molecule has 0 amide bonds. The molecule has 2 aromatic carbocycles. The van der Waals surface area contributed by atoms with E-state index < -0.39 is 36.6 Å². The Morgan fingerprint density at radius 3 is 2.18 bits per heavy atom. The molecule has 28 heavy (non-hydrogen) atoms. The van der Waals surface area contributed by atoms with E-state index in [9.17, 15) is 25.6 Å². The van der Waals surface area contributed by atoms with Gasteiger partial charge in [-0.1, -0.05) is 6.42 Å². The van der Waals surface area contributed by atoms with E-state index in [1.54, 1.807) is 0 Å². The Balaban J connectivity index is 1.81. The van der Waals surface area contributed by atoms with Crippen molar-refractivity contribution in [1.29, 1.82) is 0 Å². The zero-order chi connectivity index (χ0) is 20.5. The average Bonchev–Trinajstić information content (AvgIpc) is 2.64. The first-order valence-electron chi connectivity index (χ1n) is 8.71. The third-order valence-electron chi connectivity index (χ3n) is 4.66. The molecule has 1 fully saturated rings. The Hall–Kier alpha value is -2.04. The summed E-state index contributed by atoms with van der Waals surface area (Å²) in [7, 11) is -7.82. The molecule has 0 saturated carbocycles. The third-order valence-corrected chi connectivity index (χ3v) is 8.06. The molecule has 1 unspecified atom stereocenters. The summed E-state index contributed by atoms with van der Waals surface area (Å²) < 4.78 is 80.2. The number of benzene rings is 2. The van der Waals surface area contributed by atoms with Gasteiger partial charge in [0.25, 0.3) is 10.0 Å². The van der Waals surface area contributed by atoms with Gasteiger partial charge in [-0.15, -0.1) is 0 Å². The largest absolute Gasteiger partial charge is 0.280 e. The summed E-state index contributed by atoms with van der Waals surface area (Å²) in [6.07, 6.45) is 2.58. The van der Waals surface area contributed by atoms with Gasteiger partial charge >= 0.3 is 0 Å². The van der Waals surface area contributed by atoms with Crippen molar-refractivity contribution >= 4 is 25.7 Å². The lowest BCUT2D eigenvalue weighted by Gasteiger charge is -2.32. The number of sulfonamides is 2. The standard InChI is InChI=1S/C18H20F2N2O4S2/c1-13-4-2-3-11-22(13)28(25,26)15-7-5-14(6-8-15)21-27(23,24)16-9-10-17(19)18(20)12-16/h5-10,12-13,21H,2-4,11H2,1H3. The minimum absolute atomic E-state index is 0.0667. The molecule has 1 heterocycles. The Kier molecular flexibility index (Phi) is 5.74. The van der Waals surface area contributed by atoms with Gasteiger partial charge in [-0.05, 0) is 62.2 Å². The van der Waals surface area contributed by atoms with Crippen LogP contribution in [0.15, 0.2) is 52.3 Å². The van der Waals surface area contributed by atoms with Crippen molar-refractivity contribution in [3.63, 3.8) is 0 Å². The SMILES string of the molecule is CC1CCCCN1S(=O)(=O)c1ccc(NS(=O)(=O)c2ccc(F)c(F)c2)cc1. The summed E-state index contributed by atoms with van der Waals surface area (Å²) in [5.41, 5.74) is 0.107. The number of hydrogen-bond donors (Lipinski definition) is 1. The van der Waals surface area contributed by atoms with Crippen molar-refractivity contribution in [3.8, 4) is 0 Å². The number of halogens is 2. The summed E-state index contributed by atoms with van der Waals surface area (Å²) in [5.74, 6) is -2.43. The minimum Gasteiger partial charge on any atom is -0.280 e. The summed E-state index contributed by atoms with van der Waals surface area (Å²) in [6, 6.07) is 7.42. The van der Waals surface area contributed by atoms with Crippen molar-refractivity contribution in [3.05, 3.63) is 54.1 Å². The third kappa shape index (κ3) is 4.18. The molecule has 0 aromatic heterocycles. The van der Waals surface area contributed by atoms with Crippen LogP contribution in [0.1, 0.15) is 26.2 Å². The second-order valence-electron chi connectivity index (χ2n) is 6.67. The minimum atomic E-state index is -4.15. The Morgan fingerprint density at radius 2 is 1.57 bits per heavy atom. The molecule has 1 saturated heterocycles. The molecule has 10 heteroatoms. The van der Waals surface area contributed by atoms with E-state index in [0.29, 0.717) is 12.6 Å². The Bertz CT molecular complexity index is 1070. The summed E-state index contributed by atoms with van der Waals surface area (Å²) in [4.78, 5) is -0.373. The molecule has 0 aliphatic carbocycles. The molecule has 1 aliphatic rings. The van der Waals surface area contributed by atoms with Gasteiger partial charge in [-0.25, -0.2) is 25.6 Å². The lowest BCUT2D eigenvalue weighted by atomic mass is 10.1. The highest BCUT2D eigenvalue weighted by atomic mass is 32.2. The van der Waals surface area contributed by atoms with E-state index in [2.05, 4.69) is 4.72 Å². The van der Waals surface area contributed by atoms with E-state index in [1.807, 2.05) is 6.92 Å². The average molecular weight is 430 g/mol. The van der Waals surface area contributed by atoms with Gasteiger partial charge in [0.2, 0.25) is 10.0 Å². The van der Waals surface area contributed by atoms with Gasteiger partial charge < -0.3 is 0 Å². The normalized spacial score (nSPS) is 18.8. The van der Waals surface area contributed by atoms with Gasteiger partial charge in [0.1, 0.15) is 0 Å². The van der Waals surface area contributed by atoms with Crippen molar-refractivity contribution in [2.24, 2.45) is 0 Å². The molecule has 0 bridgehead atoms. The number of nitrogens with one attached hydrogen (secondary N) is 1. The predicted molar refractivity (Wildman–Crippen MR) is 101 cm³/mol. The predicted octanol–water partition coefficient (Wildman–Crippen LogP) is 3.33. The smallest absolute Gasteiger partial charge is 0.261 e. The number of hydrogen-bond acceptors (Lipinski definition) is 4. The zero-order valence-electron chi connectivity index (χ0n) is 15.1. The molecule has 2 aromatic rings. The van der Waals surface area contributed by atoms with E-state index >= 15 is 0 Å². The topological polar surface area (TPSA) is 83.6 Å². The van der Waals surface area contributed by atoms with Crippen molar-refractivity contribution in [2.75, 3.05) is 11.3 Å². The first-order chi connectivity index (χ1) is 13.1. The molecule has 1 atom stereocenters. The van der Waals surface area contributed by atoms with Crippen LogP contribution in [0.2, 0.25) is 0 Å². The van der Waals surface area contributed by atoms with Crippen LogP contribution in [0.3, 0.4) is 0 Å². The van der Waals surface area contributed by atoms with Crippen molar-refractivity contribution in [1.82, 2.24) is 4.31 Å². The van der Waals surface area contributed by atoms with Gasteiger partial charge in [-0.2, -0.15) is 4.31 Å². The van der Waals surface area contributed by atoms with E-state index in [1.165, 1.54) is 28.6 Å². The molecule has 6 nitrogen and oxygen atoms in total. The van der Waals surface area contributed by atoms with Crippen LogP contribution >= 0.6 is 0 Å². The summed E-state index contributed by atoms with van der Waals surface area (Å²) in [6.45, 7) is 2.31. The van der Waals surface area contributed by atoms with Gasteiger partial charge in [0, 0.05) is 18.3 Å². The first kappa shape index (κ1) is 20.7. The van der Waals surface area contributed by atoms with Crippen LogP contribution < -0.4 is 4.72 Å². The molecule has 3 rings (SSSR count). The number of anilines is 1. The maximum Gasteiger partial charge on any atom is 0.261 e. The molecule has 0 spiro atoms. The fourth-order valence-corrected chi connectivity index (χ4v) is 5.89. The first-order valence-corrected chi connectivity index (χ1v) is 11.6. The monoisotopic (exact) mass is 430 g/mol. The van der Waals surface area contributed by atoms with Crippen LogP contribution in [0.4, 0.5) is 14.5 Å². The van der Waals surface area contributed by atoms with Crippen molar-refractivity contribution in [2.45, 2.75) is 42.0 Å². The Labute approximate surface area is 163 Å². The van der Waals surface area contributed by atoms with Crippen LogP contribution in [0, 0.1) is 11.6 Å². The highest BCUT2D eigenvalue weighted by Gasteiger charge is 2.30. The van der Waals surface area contributed by atoms with Crippen molar-refractivity contribution < 1.29 is 25.6 Å². The lowest BCUT2D eigenvalue weighted by molar-refractivity contribution is 0.268. The number of piperidine rings is 1. The number of rotatable bonds is 5. The van der Waals surface area contributed by atoms with Crippen LogP contribution in [-0.4, -0.2) is 33.7 Å². The lowest BCUT2D eigenvalue weighted by Crippen LogP contribution is -2.41. The summed E-state index contributed by atoms with van der Waals surface area (Å²) in [5, 5.41) is 0. The van der Waals surface area contributed by atoms with Crippen LogP contribution in [0.25, 0.3) is 0 Å². The fraction of sp³-hybridized carbons (Fsp3) is 0.333. The van der Waals surface area contributed by atoms with E-state index in [-0.39, 0.29) is 16.6 Å². The molecule has 152 valence electrons. The number of nitrogens with zero attached hydrogens (tertiary/aromatic N) is 1. The van der Waals surface area contributed by atoms with Crippen LogP contribution in [-0.2, 0) is 20.0 Å². The maximum absolute atomic E-state index is 13.3. The van der Waals surface area contributed by atoms with Gasteiger partial charge in [0.15, 0.2) is 11.6 Å². The quantitative estimate of drug-likeness (QED) is 0.789. The molecular formula is C18H20F2N2O4S2. The van der Waals surface area contributed by atoms with Gasteiger partial charge in [0.05, 0.1) is 9.79 Å². The molecule has 0 radical (unpaired) electrons. The molecule has 1 aliphatic heterocycles. The second kappa shape index (κ2) is 7.76. The Morgan fingerprint density at radius 1 is 0.929 bits per heavy atom. The zero-order valence-corrected chi connectivity index (χ0v) is 16.7. The molecular weight excluding hydrogens is 410 g/mol. The summed E-state index contributed by atoms with van der Waals surface area (Å²) >= 11 is 0. The van der Waals surface area contributed by atoms with Gasteiger partial charge in [-0.3, -0.25) is 4.72 Å². The fourth-order valence-electron chi connectivity index (χ4n) is 3.12. The van der Waals surface area contributed by atoms with E-state index in [4.69, 9.17) is 0 Å². The van der Waals surface area contributed by atoms with E-state index in [0.717, 1.165) is 31.4 Å².